The Morgan fingerprint density at radius 2 is 1.85 bits per heavy atom. The largest absolute Gasteiger partial charge is 0.338 e. The first-order chi connectivity index (χ1) is 13.0. The summed E-state index contributed by atoms with van der Waals surface area (Å²) in [6.45, 7) is -0.166. The van der Waals surface area contributed by atoms with E-state index >= 15 is 0 Å². The van der Waals surface area contributed by atoms with Gasteiger partial charge in [-0.3, -0.25) is 0 Å². The molecule has 0 spiro atoms. The van der Waals surface area contributed by atoms with Crippen molar-refractivity contribution in [3.05, 3.63) is 65.3 Å². The van der Waals surface area contributed by atoms with Crippen molar-refractivity contribution < 1.29 is 17.3 Å². The molecule has 0 unspecified atom stereocenters. The minimum Gasteiger partial charge on any atom is -0.338 e. The summed E-state index contributed by atoms with van der Waals surface area (Å²) < 4.78 is 46.4. The number of hydrogen-bond donors (Lipinski definition) is 1. The van der Waals surface area contributed by atoms with Crippen molar-refractivity contribution >= 4 is 10.0 Å². The first-order valence-electron chi connectivity index (χ1n) is 8.72. The molecule has 8 heteroatoms. The fraction of sp³-hybridized carbons (Fsp3) is 0.263. The Kier molecular flexibility index (Phi) is 4.75. The average molecular weight is 387 g/mol. The van der Waals surface area contributed by atoms with E-state index in [0.717, 1.165) is 31.2 Å². The molecule has 0 bridgehead atoms. The van der Waals surface area contributed by atoms with Gasteiger partial charge in [0.15, 0.2) is 0 Å². The summed E-state index contributed by atoms with van der Waals surface area (Å²) >= 11 is 0. The lowest BCUT2D eigenvalue weighted by molar-refractivity contribution is 0.375. The van der Waals surface area contributed by atoms with Gasteiger partial charge >= 0.3 is 0 Å². The number of benzene rings is 2. The van der Waals surface area contributed by atoms with E-state index in [1.807, 2.05) is 6.07 Å². The van der Waals surface area contributed by atoms with Gasteiger partial charge in [-0.15, -0.1) is 0 Å². The predicted octanol–water partition coefficient (Wildman–Crippen LogP) is 3.23. The van der Waals surface area contributed by atoms with Gasteiger partial charge < -0.3 is 4.52 Å². The topological polar surface area (TPSA) is 85.1 Å². The van der Waals surface area contributed by atoms with Crippen molar-refractivity contribution in [3.63, 3.8) is 0 Å². The maximum atomic E-state index is 13.8. The number of rotatable bonds is 5. The molecule has 0 fully saturated rings. The molecule has 0 radical (unpaired) electrons. The van der Waals surface area contributed by atoms with Gasteiger partial charge in [-0.05, 0) is 61.1 Å². The second kappa shape index (κ2) is 7.21. The van der Waals surface area contributed by atoms with E-state index in [9.17, 15) is 12.8 Å². The van der Waals surface area contributed by atoms with Gasteiger partial charge in [0, 0.05) is 0 Å². The Morgan fingerprint density at radius 1 is 1.07 bits per heavy atom. The number of sulfonamides is 1. The Labute approximate surface area is 156 Å². The fourth-order valence-corrected chi connectivity index (χ4v) is 4.22. The highest BCUT2D eigenvalue weighted by Gasteiger charge is 2.19. The van der Waals surface area contributed by atoms with E-state index < -0.39 is 15.8 Å². The second-order valence-corrected chi connectivity index (χ2v) is 8.22. The standard InChI is InChI=1S/C19H18FN3O3S/c20-17-8-4-3-7-16(17)19-22-18(26-23-19)12-21-27(24,25)15-10-9-13-5-1-2-6-14(13)11-15/h3-4,7-11,21H,1-2,5-6,12H2. The maximum Gasteiger partial charge on any atom is 0.242 e. The molecule has 0 aliphatic heterocycles. The van der Waals surface area contributed by atoms with Gasteiger partial charge in [-0.25, -0.2) is 17.5 Å². The van der Waals surface area contributed by atoms with Gasteiger partial charge in [0.25, 0.3) is 0 Å². The molecule has 3 aromatic rings. The molecule has 1 N–H and O–H groups in total. The van der Waals surface area contributed by atoms with Gasteiger partial charge in [0.1, 0.15) is 5.82 Å². The number of fused-ring (bicyclic) bond motifs is 1. The van der Waals surface area contributed by atoms with E-state index in [4.69, 9.17) is 4.52 Å². The molecule has 4 rings (SSSR count). The van der Waals surface area contributed by atoms with E-state index in [2.05, 4.69) is 14.9 Å². The average Bonchev–Trinajstić information content (AvgIpc) is 3.15. The van der Waals surface area contributed by atoms with Crippen LogP contribution >= 0.6 is 0 Å². The minimum absolute atomic E-state index is 0.0646. The number of hydrogen-bond acceptors (Lipinski definition) is 5. The molecule has 2 aromatic carbocycles. The Hall–Kier alpha value is -2.58. The number of halogens is 1. The SMILES string of the molecule is O=S(=O)(NCc1nc(-c2ccccc2F)no1)c1ccc2c(c1)CCCC2. The number of nitrogens with zero attached hydrogens (tertiary/aromatic N) is 2. The molecule has 0 atom stereocenters. The van der Waals surface area contributed by atoms with Crippen LogP contribution in [-0.2, 0) is 29.4 Å². The van der Waals surface area contributed by atoms with Crippen molar-refractivity contribution in [3.8, 4) is 11.4 Å². The van der Waals surface area contributed by atoms with Crippen molar-refractivity contribution in [2.24, 2.45) is 0 Å². The third kappa shape index (κ3) is 3.77. The van der Waals surface area contributed by atoms with Crippen molar-refractivity contribution in [1.82, 2.24) is 14.9 Å². The minimum atomic E-state index is -3.71. The number of nitrogens with one attached hydrogen (secondary N) is 1. The summed E-state index contributed by atoms with van der Waals surface area (Å²) in [6, 6.07) is 11.3. The molecule has 140 valence electrons. The van der Waals surface area contributed by atoms with Gasteiger partial charge in [-0.2, -0.15) is 4.98 Å². The van der Waals surface area contributed by atoms with Crippen LogP contribution < -0.4 is 4.72 Å². The van der Waals surface area contributed by atoms with E-state index in [1.54, 1.807) is 24.3 Å². The van der Waals surface area contributed by atoms with E-state index in [-0.39, 0.29) is 28.7 Å². The molecule has 0 saturated heterocycles. The van der Waals surface area contributed by atoms with Crippen LogP contribution in [0.25, 0.3) is 11.4 Å². The fourth-order valence-electron chi connectivity index (χ4n) is 3.20. The molecule has 27 heavy (non-hydrogen) atoms. The highest BCUT2D eigenvalue weighted by molar-refractivity contribution is 7.89. The van der Waals surface area contributed by atoms with Crippen LogP contribution in [0.15, 0.2) is 51.9 Å². The van der Waals surface area contributed by atoms with Gasteiger partial charge in [-0.1, -0.05) is 23.4 Å². The molecule has 0 amide bonds. The van der Waals surface area contributed by atoms with Crippen LogP contribution in [0.5, 0.6) is 0 Å². The van der Waals surface area contributed by atoms with Gasteiger partial charge in [0.2, 0.25) is 21.7 Å². The van der Waals surface area contributed by atoms with Crippen LogP contribution in [0.2, 0.25) is 0 Å². The first kappa shape index (κ1) is 17.8. The highest BCUT2D eigenvalue weighted by atomic mass is 32.2. The molecule has 0 saturated carbocycles. The zero-order valence-electron chi connectivity index (χ0n) is 14.5. The van der Waals surface area contributed by atoms with Crippen molar-refractivity contribution in [2.45, 2.75) is 37.1 Å². The summed E-state index contributed by atoms with van der Waals surface area (Å²) in [7, 11) is -3.71. The first-order valence-corrected chi connectivity index (χ1v) is 10.2. The third-order valence-electron chi connectivity index (χ3n) is 4.63. The van der Waals surface area contributed by atoms with Crippen LogP contribution in [0, 0.1) is 5.82 Å². The van der Waals surface area contributed by atoms with E-state index in [1.165, 1.54) is 17.7 Å². The summed E-state index contributed by atoms with van der Waals surface area (Å²) in [5.41, 5.74) is 2.50. The molecule has 1 aliphatic carbocycles. The summed E-state index contributed by atoms with van der Waals surface area (Å²) in [4.78, 5) is 4.28. The quantitative estimate of drug-likeness (QED) is 0.726. The molecule has 1 heterocycles. The van der Waals surface area contributed by atoms with Crippen molar-refractivity contribution in [1.29, 1.82) is 0 Å². The van der Waals surface area contributed by atoms with Crippen LogP contribution in [0.4, 0.5) is 4.39 Å². The third-order valence-corrected chi connectivity index (χ3v) is 6.03. The van der Waals surface area contributed by atoms with Crippen LogP contribution in [0.3, 0.4) is 0 Å². The predicted molar refractivity (Wildman–Crippen MR) is 96.8 cm³/mol. The molecular formula is C19H18FN3O3S. The smallest absolute Gasteiger partial charge is 0.242 e. The Morgan fingerprint density at radius 3 is 2.67 bits per heavy atom. The summed E-state index contributed by atoms with van der Waals surface area (Å²) in [6.07, 6.45) is 4.10. The molecular weight excluding hydrogens is 369 g/mol. The number of aryl methyl sites for hydroxylation is 2. The molecule has 6 nitrogen and oxygen atoms in total. The second-order valence-electron chi connectivity index (χ2n) is 6.45. The summed E-state index contributed by atoms with van der Waals surface area (Å²) in [5, 5.41) is 3.72. The maximum absolute atomic E-state index is 13.8. The summed E-state index contributed by atoms with van der Waals surface area (Å²) in [5.74, 6) is -0.328. The molecule has 1 aromatic heterocycles. The lowest BCUT2D eigenvalue weighted by Gasteiger charge is -2.16. The lowest BCUT2D eigenvalue weighted by Crippen LogP contribution is -2.23. The van der Waals surface area contributed by atoms with Crippen molar-refractivity contribution in [2.75, 3.05) is 0 Å². The van der Waals surface area contributed by atoms with Gasteiger partial charge in [0.05, 0.1) is 17.0 Å². The monoisotopic (exact) mass is 387 g/mol. The van der Waals surface area contributed by atoms with Crippen LogP contribution in [-0.4, -0.2) is 18.6 Å². The Balaban J connectivity index is 1.49. The molecule has 1 aliphatic rings. The van der Waals surface area contributed by atoms with E-state index in [0.29, 0.717) is 0 Å². The Bertz CT molecular complexity index is 1080. The number of aromatic nitrogens is 2. The normalized spacial score (nSPS) is 14.1. The highest BCUT2D eigenvalue weighted by Crippen LogP contribution is 2.24. The zero-order valence-corrected chi connectivity index (χ0v) is 15.3. The van der Waals surface area contributed by atoms with Crippen LogP contribution in [0.1, 0.15) is 29.9 Å². The lowest BCUT2D eigenvalue weighted by atomic mass is 9.92. The zero-order chi connectivity index (χ0) is 18.9.